The summed E-state index contributed by atoms with van der Waals surface area (Å²) in [6.07, 6.45) is 9.83. The molecule has 5 heterocycles. The fourth-order valence-electron chi connectivity index (χ4n) is 9.24. The number of β-amino-alcohol motifs (C(OH)–C–C–N with tert-alkyl or cyclic N) is 1. The van der Waals surface area contributed by atoms with Crippen molar-refractivity contribution in [1.29, 1.82) is 0 Å². The van der Waals surface area contributed by atoms with Crippen LogP contribution in [0.3, 0.4) is 0 Å². The number of nitrogen functional groups attached to an aromatic ring is 1. The molecule has 0 radical (unpaired) electrons. The van der Waals surface area contributed by atoms with Crippen molar-refractivity contribution >= 4 is 63.4 Å². The average molecular weight is 1010 g/mol. The number of nitrogens with one attached hydrogen (secondary N) is 3. The van der Waals surface area contributed by atoms with Crippen LogP contribution in [0.2, 0.25) is 5.02 Å². The van der Waals surface area contributed by atoms with E-state index in [2.05, 4.69) is 30.9 Å². The second-order valence-electron chi connectivity index (χ2n) is 19.7. The molecule has 2 aromatic carbocycles. The number of fused-ring (bicyclic) bond motifs is 1. The second-order valence-corrected chi connectivity index (χ2v) is 21.0. The Balaban J connectivity index is 0.738. The number of hydrogen-bond acceptors (Lipinski definition) is 13. The minimum absolute atomic E-state index is 0.0209. The first-order valence-electron chi connectivity index (χ1n) is 24.7. The maximum absolute atomic E-state index is 14.0. The van der Waals surface area contributed by atoms with Crippen molar-refractivity contribution in [2.24, 2.45) is 5.41 Å². The lowest BCUT2D eigenvalue weighted by Gasteiger charge is -2.35. The minimum atomic E-state index is -0.941. The Morgan fingerprint density at radius 1 is 0.944 bits per heavy atom. The number of aliphatic hydroxyl groups is 2. The molecular weight excluding hydrogens is 946 g/mol. The highest BCUT2D eigenvalue weighted by molar-refractivity contribution is 7.13. The number of ether oxygens (including phenoxy) is 2. The van der Waals surface area contributed by atoms with E-state index < -0.39 is 35.8 Å². The van der Waals surface area contributed by atoms with Gasteiger partial charge in [0.05, 0.1) is 38.7 Å². The number of nitrogens with two attached hydrogens (primary N) is 1. The number of hydrogen-bond donors (Lipinski definition) is 6. The molecule has 0 spiro atoms. The molecule has 17 nitrogen and oxygen atoms in total. The van der Waals surface area contributed by atoms with E-state index in [1.165, 1.54) is 11.2 Å². The molecular formula is C52H68ClN9O8S. The van der Waals surface area contributed by atoms with Crippen LogP contribution in [-0.4, -0.2) is 102 Å². The van der Waals surface area contributed by atoms with Crippen LogP contribution in [0.15, 0.2) is 66.6 Å². The molecule has 0 saturated carbocycles. The number of unbranched alkanes of at least 4 members (excludes halogenated alkanes) is 7. The van der Waals surface area contributed by atoms with E-state index in [1.807, 2.05) is 74.3 Å². The average Bonchev–Trinajstić information content (AvgIpc) is 4.18. The zero-order valence-corrected chi connectivity index (χ0v) is 42.6. The van der Waals surface area contributed by atoms with Crippen molar-refractivity contribution in [3.8, 4) is 16.2 Å². The van der Waals surface area contributed by atoms with Crippen molar-refractivity contribution in [3.63, 3.8) is 0 Å². The number of carbonyl (C=O) groups excluding carboxylic acids is 4. The lowest BCUT2D eigenvalue weighted by Crippen LogP contribution is -2.57. The van der Waals surface area contributed by atoms with E-state index in [9.17, 15) is 29.4 Å². The molecule has 0 unspecified atom stereocenters. The molecule has 0 aliphatic carbocycles. The van der Waals surface area contributed by atoms with Crippen LogP contribution in [0.25, 0.3) is 21.5 Å². The van der Waals surface area contributed by atoms with Gasteiger partial charge >= 0.3 is 0 Å². The van der Waals surface area contributed by atoms with E-state index in [4.69, 9.17) is 26.8 Å². The van der Waals surface area contributed by atoms with E-state index in [0.29, 0.717) is 53.6 Å². The van der Waals surface area contributed by atoms with E-state index in [1.54, 1.807) is 29.5 Å². The number of benzene rings is 2. The molecule has 0 bridgehead atoms. The molecule has 382 valence electrons. The standard InChI is InChI=1S/C52H68ClN9O8S/c1-32-46(71-31-59-32)34-16-14-33(15-17-34)27-56-50(67)39-26-36(63)28-62(39)51(68)47(52(2,3)4)60-42(64)13-11-9-7-5-6-8-10-12-23-55-43(65)29-69-41-25-35(18-19-38(41)53)45(66)40-20-21-44(70-40)61-24-22-37-48(54)57-30-58-49(37)61/h14-19,22,24-25,30-31,36,39-40,44-45,47,63,66H,5-13,20-21,23,26-29H2,1-4H3,(H,55,65)(H,56,67)(H,60,64)(H2,54,57,58)/t36-,39+,40+,44-,45-,47-/m1/s1. The summed E-state index contributed by atoms with van der Waals surface area (Å²) in [5.41, 5.74) is 11.4. The van der Waals surface area contributed by atoms with E-state index in [-0.39, 0.29) is 62.4 Å². The maximum atomic E-state index is 14.0. The molecule has 4 amide bonds. The summed E-state index contributed by atoms with van der Waals surface area (Å²) in [6.45, 7) is 8.22. The van der Waals surface area contributed by atoms with Gasteiger partial charge in [-0.15, -0.1) is 11.3 Å². The number of aryl methyl sites for hydroxylation is 1. The molecule has 2 fully saturated rings. The molecule has 19 heteroatoms. The quantitative estimate of drug-likeness (QED) is 0.0353. The summed E-state index contributed by atoms with van der Waals surface area (Å²) in [5, 5.41) is 31.7. The SMILES string of the molecule is Cc1ncsc1-c1ccc(CNC(=O)[C@@H]2C[C@@H](O)CN2C(=O)[C@@H](NC(=O)CCCCCCCCCCNC(=O)COc2cc([C@@H](O)[C@@H]3CC[C@H](n4ccc5c(N)ncnc54)O3)ccc2Cl)C(C)(C)C)cc1. The third-order valence-electron chi connectivity index (χ3n) is 13.3. The molecule has 7 N–H and O–H groups in total. The molecule has 3 aromatic heterocycles. The Bertz CT molecular complexity index is 2600. The van der Waals surface area contributed by atoms with Gasteiger partial charge in [0.1, 0.15) is 48.0 Å². The van der Waals surface area contributed by atoms with Crippen molar-refractivity contribution in [2.75, 3.05) is 25.4 Å². The van der Waals surface area contributed by atoms with Crippen LogP contribution in [0.1, 0.15) is 127 Å². The van der Waals surface area contributed by atoms with E-state index >= 15 is 0 Å². The number of amides is 4. The van der Waals surface area contributed by atoms with Gasteiger partial charge in [0.25, 0.3) is 5.91 Å². The monoisotopic (exact) mass is 1010 g/mol. The molecule has 71 heavy (non-hydrogen) atoms. The predicted molar refractivity (Wildman–Crippen MR) is 273 cm³/mol. The summed E-state index contributed by atoms with van der Waals surface area (Å²) < 4.78 is 13.9. The van der Waals surface area contributed by atoms with Crippen LogP contribution >= 0.6 is 22.9 Å². The van der Waals surface area contributed by atoms with Gasteiger partial charge in [0, 0.05) is 38.7 Å². The van der Waals surface area contributed by atoms with Gasteiger partial charge in [0.15, 0.2) is 6.61 Å². The molecule has 5 aromatic rings. The van der Waals surface area contributed by atoms with Gasteiger partial charge in [-0.2, -0.15) is 0 Å². The number of anilines is 1. The topological polar surface area (TPSA) is 236 Å². The minimum Gasteiger partial charge on any atom is -0.482 e. The molecule has 6 atom stereocenters. The zero-order valence-electron chi connectivity index (χ0n) is 41.1. The predicted octanol–water partition coefficient (Wildman–Crippen LogP) is 7.33. The first kappa shape index (κ1) is 53.1. The van der Waals surface area contributed by atoms with Gasteiger partial charge in [-0.25, -0.2) is 15.0 Å². The van der Waals surface area contributed by atoms with Gasteiger partial charge in [-0.05, 0) is 72.9 Å². The van der Waals surface area contributed by atoms with Gasteiger partial charge in [0.2, 0.25) is 17.7 Å². The third kappa shape index (κ3) is 14.1. The number of aliphatic hydroxyl groups excluding tert-OH is 2. The highest BCUT2D eigenvalue weighted by Crippen LogP contribution is 2.39. The Morgan fingerprint density at radius 3 is 2.39 bits per heavy atom. The summed E-state index contributed by atoms with van der Waals surface area (Å²) >= 11 is 7.98. The first-order valence-corrected chi connectivity index (χ1v) is 26.0. The number of halogens is 1. The number of carbonyl (C=O) groups is 4. The van der Waals surface area contributed by atoms with Gasteiger partial charge in [-0.3, -0.25) is 19.2 Å². The van der Waals surface area contributed by atoms with Gasteiger partial charge in [-0.1, -0.05) is 101 Å². The lowest BCUT2D eigenvalue weighted by molar-refractivity contribution is -0.144. The summed E-state index contributed by atoms with van der Waals surface area (Å²) in [7, 11) is 0. The number of thiazole rings is 1. The maximum Gasteiger partial charge on any atom is 0.257 e. The van der Waals surface area contributed by atoms with E-state index in [0.717, 1.165) is 72.0 Å². The van der Waals surface area contributed by atoms with Crippen LogP contribution in [0.4, 0.5) is 5.82 Å². The van der Waals surface area contributed by atoms with Crippen LogP contribution in [0, 0.1) is 12.3 Å². The van der Waals surface area contributed by atoms with Crippen molar-refractivity contribution in [3.05, 3.63) is 88.4 Å². The smallest absolute Gasteiger partial charge is 0.257 e. The molecule has 2 aliphatic rings. The van der Waals surface area contributed by atoms with Gasteiger partial charge < -0.3 is 50.8 Å². The number of likely N-dealkylation sites (tertiary alicyclic amines) is 1. The number of aromatic nitrogens is 4. The van der Waals surface area contributed by atoms with Crippen molar-refractivity contribution in [1.82, 2.24) is 40.4 Å². The van der Waals surface area contributed by atoms with Crippen LogP contribution < -0.4 is 26.4 Å². The fraction of sp³-hybridized carbons (Fsp3) is 0.519. The number of rotatable bonds is 23. The molecule has 2 saturated heterocycles. The van der Waals surface area contributed by atoms with Crippen LogP contribution in [-0.2, 0) is 30.5 Å². The lowest BCUT2D eigenvalue weighted by atomic mass is 9.85. The summed E-state index contributed by atoms with van der Waals surface area (Å²) in [5.74, 6) is -0.502. The Kier molecular flexibility index (Phi) is 18.4. The van der Waals surface area contributed by atoms with Crippen LogP contribution in [0.5, 0.6) is 5.75 Å². The molecule has 2 aliphatic heterocycles. The zero-order chi connectivity index (χ0) is 50.7. The Morgan fingerprint density at radius 2 is 1.68 bits per heavy atom. The Labute approximate surface area is 424 Å². The Hall–Kier alpha value is -5.66. The van der Waals surface area contributed by atoms with Crippen molar-refractivity contribution < 1.29 is 38.9 Å². The molecule has 7 rings (SSSR count). The number of nitrogens with zero attached hydrogens (tertiary/aromatic N) is 5. The fourth-order valence-corrected chi connectivity index (χ4v) is 10.2. The highest BCUT2D eigenvalue weighted by atomic mass is 35.5. The first-order chi connectivity index (χ1) is 34.1. The summed E-state index contributed by atoms with van der Waals surface area (Å²) in [4.78, 5) is 68.5. The second kappa shape index (κ2) is 24.6. The summed E-state index contributed by atoms with van der Waals surface area (Å²) in [6, 6.07) is 13.1. The normalized spacial score (nSPS) is 18.9. The highest BCUT2D eigenvalue weighted by Gasteiger charge is 2.44. The largest absolute Gasteiger partial charge is 0.482 e. The van der Waals surface area contributed by atoms with Crippen molar-refractivity contribution in [2.45, 2.75) is 148 Å². The third-order valence-corrected chi connectivity index (χ3v) is 14.5.